The Balaban J connectivity index is 2.66. The van der Waals surface area contributed by atoms with E-state index in [4.69, 9.17) is 0 Å². The van der Waals surface area contributed by atoms with Gasteiger partial charge in [0.25, 0.3) is 0 Å². The molecule has 0 amide bonds. The molecule has 1 aliphatic carbocycles. The van der Waals surface area contributed by atoms with Crippen molar-refractivity contribution in [2.24, 2.45) is 23.7 Å². The van der Waals surface area contributed by atoms with Crippen LogP contribution in [0.3, 0.4) is 0 Å². The van der Waals surface area contributed by atoms with Crippen LogP contribution in [-0.4, -0.2) is 0 Å². The second kappa shape index (κ2) is 16.0. The molecule has 0 aromatic rings. The van der Waals surface area contributed by atoms with Crippen LogP contribution in [0.2, 0.25) is 0 Å². The van der Waals surface area contributed by atoms with Crippen LogP contribution in [-0.2, 0) is 0 Å². The van der Waals surface area contributed by atoms with Gasteiger partial charge in [0.1, 0.15) is 0 Å². The van der Waals surface area contributed by atoms with Gasteiger partial charge in [0.2, 0.25) is 0 Å². The van der Waals surface area contributed by atoms with Crippen molar-refractivity contribution < 1.29 is 0 Å². The van der Waals surface area contributed by atoms with E-state index in [0.717, 1.165) is 31.6 Å². The molecule has 0 radical (unpaired) electrons. The summed E-state index contributed by atoms with van der Waals surface area (Å²) in [6.07, 6.45) is 35.1. The molecular formula is C29H44. The number of hydrogen-bond donors (Lipinski definition) is 0. The van der Waals surface area contributed by atoms with Gasteiger partial charge in [0.15, 0.2) is 0 Å². The molecule has 29 heavy (non-hydrogen) atoms. The highest BCUT2D eigenvalue weighted by Gasteiger charge is 2.08. The third-order valence-corrected chi connectivity index (χ3v) is 5.44. The lowest BCUT2D eigenvalue weighted by Gasteiger charge is -2.16. The highest BCUT2D eigenvalue weighted by molar-refractivity contribution is 5.19. The maximum atomic E-state index is 4.24. The number of hydrogen-bond acceptors (Lipinski definition) is 0. The highest BCUT2D eigenvalue weighted by atomic mass is 14.1. The second-order valence-electron chi connectivity index (χ2n) is 9.08. The average Bonchev–Trinajstić information content (AvgIpc) is 2.65. The first-order chi connectivity index (χ1) is 14.0. The molecular weight excluding hydrogens is 348 g/mol. The first kappa shape index (κ1) is 25.2. The van der Waals surface area contributed by atoms with Crippen molar-refractivity contribution in [3.8, 4) is 0 Å². The molecule has 0 bridgehead atoms. The first-order valence-corrected chi connectivity index (χ1v) is 11.6. The van der Waals surface area contributed by atoms with Gasteiger partial charge in [-0.05, 0) is 68.6 Å². The smallest absolute Gasteiger partial charge is 0.0224 e. The van der Waals surface area contributed by atoms with Crippen molar-refractivity contribution in [2.75, 3.05) is 0 Å². The fourth-order valence-electron chi connectivity index (χ4n) is 3.75. The van der Waals surface area contributed by atoms with Crippen molar-refractivity contribution in [2.45, 2.75) is 72.6 Å². The SMILES string of the molecule is C=C1/C=C\C=C\CC(C)/C=C/C=C\CCCC(C)/C=C/C=C/CC(C)CC(C)C1. The maximum Gasteiger partial charge on any atom is -0.0224 e. The van der Waals surface area contributed by atoms with Gasteiger partial charge < -0.3 is 0 Å². The predicted octanol–water partition coefficient (Wildman–Crippen LogP) is 9.17. The van der Waals surface area contributed by atoms with Gasteiger partial charge in [0.05, 0.1) is 0 Å². The zero-order valence-electron chi connectivity index (χ0n) is 19.4. The van der Waals surface area contributed by atoms with E-state index in [0.29, 0.717) is 17.8 Å². The van der Waals surface area contributed by atoms with Gasteiger partial charge in [-0.1, -0.05) is 113 Å². The van der Waals surface area contributed by atoms with E-state index in [1.165, 1.54) is 24.8 Å². The van der Waals surface area contributed by atoms with Crippen LogP contribution in [0.15, 0.2) is 85.1 Å². The van der Waals surface area contributed by atoms with Gasteiger partial charge in [-0.3, -0.25) is 0 Å². The molecule has 1 aliphatic rings. The van der Waals surface area contributed by atoms with Gasteiger partial charge in [-0.25, -0.2) is 0 Å². The fraction of sp³-hybridized carbons (Fsp3) is 0.517. The molecule has 0 aromatic heterocycles. The van der Waals surface area contributed by atoms with Crippen molar-refractivity contribution in [1.82, 2.24) is 0 Å². The van der Waals surface area contributed by atoms with Crippen molar-refractivity contribution in [1.29, 1.82) is 0 Å². The summed E-state index contributed by atoms with van der Waals surface area (Å²) >= 11 is 0. The molecule has 0 N–H and O–H groups in total. The van der Waals surface area contributed by atoms with E-state index in [1.807, 2.05) is 0 Å². The molecule has 0 fully saturated rings. The molecule has 4 atom stereocenters. The normalized spacial score (nSPS) is 35.7. The fourth-order valence-corrected chi connectivity index (χ4v) is 3.75. The maximum absolute atomic E-state index is 4.24. The zero-order valence-corrected chi connectivity index (χ0v) is 19.4. The summed E-state index contributed by atoms with van der Waals surface area (Å²) in [7, 11) is 0. The molecule has 0 aliphatic heterocycles. The Morgan fingerprint density at radius 2 is 1.38 bits per heavy atom. The monoisotopic (exact) mass is 392 g/mol. The third-order valence-electron chi connectivity index (χ3n) is 5.44. The Hall–Kier alpha value is -1.82. The minimum Gasteiger partial charge on any atom is -0.0958 e. The summed E-state index contributed by atoms with van der Waals surface area (Å²) in [6.45, 7) is 13.5. The van der Waals surface area contributed by atoms with Crippen LogP contribution in [0.5, 0.6) is 0 Å². The van der Waals surface area contributed by atoms with Gasteiger partial charge in [-0.15, -0.1) is 0 Å². The van der Waals surface area contributed by atoms with E-state index in [9.17, 15) is 0 Å². The third kappa shape index (κ3) is 14.8. The zero-order chi connectivity index (χ0) is 21.3. The molecule has 0 aromatic carbocycles. The second-order valence-corrected chi connectivity index (χ2v) is 9.08. The van der Waals surface area contributed by atoms with E-state index < -0.39 is 0 Å². The van der Waals surface area contributed by atoms with Crippen molar-refractivity contribution in [3.63, 3.8) is 0 Å². The van der Waals surface area contributed by atoms with Crippen LogP contribution < -0.4 is 0 Å². The minimum atomic E-state index is 0.567. The Kier molecular flexibility index (Phi) is 13.9. The lowest BCUT2D eigenvalue weighted by Crippen LogP contribution is -2.03. The van der Waals surface area contributed by atoms with Crippen LogP contribution in [0.4, 0.5) is 0 Å². The summed E-state index contributed by atoms with van der Waals surface area (Å²) in [4.78, 5) is 0. The predicted molar refractivity (Wildman–Crippen MR) is 133 cm³/mol. The van der Waals surface area contributed by atoms with E-state index in [1.54, 1.807) is 0 Å². The van der Waals surface area contributed by atoms with Crippen LogP contribution in [0, 0.1) is 23.7 Å². The van der Waals surface area contributed by atoms with Crippen LogP contribution >= 0.6 is 0 Å². The first-order valence-electron chi connectivity index (χ1n) is 11.6. The molecule has 0 heterocycles. The van der Waals surface area contributed by atoms with E-state index in [-0.39, 0.29) is 0 Å². The van der Waals surface area contributed by atoms with E-state index >= 15 is 0 Å². The molecule has 0 saturated carbocycles. The summed E-state index contributed by atoms with van der Waals surface area (Å²) in [5, 5.41) is 0. The highest BCUT2D eigenvalue weighted by Crippen LogP contribution is 2.22. The summed E-state index contributed by atoms with van der Waals surface area (Å²) < 4.78 is 0. The molecule has 0 spiro atoms. The quantitative estimate of drug-likeness (QED) is 0.385. The Bertz CT molecular complexity index is 608. The lowest BCUT2D eigenvalue weighted by atomic mass is 9.90. The van der Waals surface area contributed by atoms with Crippen molar-refractivity contribution >= 4 is 0 Å². The van der Waals surface area contributed by atoms with Gasteiger partial charge >= 0.3 is 0 Å². The van der Waals surface area contributed by atoms with Crippen LogP contribution in [0.25, 0.3) is 0 Å². The Morgan fingerprint density at radius 3 is 2.17 bits per heavy atom. The number of allylic oxidation sites excluding steroid dienone is 13. The Labute approximate surface area is 181 Å². The average molecular weight is 393 g/mol. The van der Waals surface area contributed by atoms with Crippen molar-refractivity contribution in [3.05, 3.63) is 85.1 Å². The summed E-state index contributed by atoms with van der Waals surface area (Å²) in [5.74, 6) is 2.62. The Morgan fingerprint density at radius 1 is 0.724 bits per heavy atom. The molecule has 1 rings (SSSR count). The summed E-state index contributed by atoms with van der Waals surface area (Å²) in [5.41, 5.74) is 1.23. The minimum absolute atomic E-state index is 0.567. The molecule has 0 nitrogen and oxygen atoms in total. The molecule has 4 unspecified atom stereocenters. The standard InChI is InChI=1S/C29H44/c1-25-17-11-7-6-8-12-18-26(2)20-14-10-16-22-28(4)24-29(5)23-27(3)21-15-9-13-19-25/h6-7,9-11,13-17,20-21,25-26,28-29H,3,8,12,18-19,22-24H2,1-2,4-5H3/b7-6-,13-9+,16-10+,17-11+,20-14+,21-15-. The van der Waals surface area contributed by atoms with E-state index in [2.05, 4.69) is 107 Å². The number of rotatable bonds is 0. The van der Waals surface area contributed by atoms with Gasteiger partial charge in [0, 0.05) is 0 Å². The topological polar surface area (TPSA) is 0 Å². The lowest BCUT2D eigenvalue weighted by molar-refractivity contribution is 0.417. The van der Waals surface area contributed by atoms with Gasteiger partial charge in [-0.2, -0.15) is 0 Å². The summed E-state index contributed by atoms with van der Waals surface area (Å²) in [6, 6.07) is 0. The largest absolute Gasteiger partial charge is 0.0958 e. The van der Waals surface area contributed by atoms with Crippen LogP contribution in [0.1, 0.15) is 72.6 Å². The molecule has 160 valence electrons. The molecule has 0 heteroatoms. The molecule has 0 saturated heterocycles.